The first-order chi connectivity index (χ1) is 14.7. The van der Waals surface area contributed by atoms with Crippen LogP contribution in [0, 0.1) is 0 Å². The Bertz CT molecular complexity index is 1160. The van der Waals surface area contributed by atoms with Crippen LogP contribution in [-0.2, 0) is 6.54 Å². The fourth-order valence-corrected chi connectivity index (χ4v) is 3.07. The number of Topliss-reactive ketones (excluding diaryl/α,β-unsaturated/α-hetero) is 1. The zero-order valence-corrected chi connectivity index (χ0v) is 16.1. The molecule has 1 aromatic heterocycles. The molecule has 0 radical (unpaired) electrons. The summed E-state index contributed by atoms with van der Waals surface area (Å²) in [5, 5.41) is 0. The topological polar surface area (TPSA) is 60.1 Å². The van der Waals surface area contributed by atoms with Gasteiger partial charge in [-0.25, -0.2) is 4.79 Å². The average molecular weight is 395 g/mol. The van der Waals surface area contributed by atoms with Crippen molar-refractivity contribution in [1.82, 2.24) is 4.98 Å². The van der Waals surface area contributed by atoms with E-state index in [1.807, 2.05) is 48.5 Å². The lowest BCUT2D eigenvalue weighted by molar-refractivity contribution is -0.686. The van der Waals surface area contributed by atoms with Crippen molar-refractivity contribution >= 4 is 11.8 Å². The molecule has 30 heavy (non-hydrogen) atoms. The molecule has 0 aliphatic rings. The molecule has 0 unspecified atom stereocenters. The van der Waals surface area contributed by atoms with Crippen molar-refractivity contribution in [1.29, 1.82) is 0 Å². The molecule has 0 amide bonds. The number of nitrogens with zero attached hydrogens (tertiary/aromatic N) is 2. The Morgan fingerprint density at radius 1 is 0.800 bits per heavy atom. The van der Waals surface area contributed by atoms with E-state index in [4.69, 9.17) is 4.74 Å². The van der Waals surface area contributed by atoms with Crippen LogP contribution in [0.25, 0.3) is 11.1 Å². The van der Waals surface area contributed by atoms with Gasteiger partial charge in [0.2, 0.25) is 12.3 Å². The lowest BCUT2D eigenvalue weighted by Crippen LogP contribution is -2.44. The number of aromatic nitrogens is 2. The third-order valence-electron chi connectivity index (χ3n) is 4.63. The maximum absolute atomic E-state index is 12.7. The van der Waals surface area contributed by atoms with Gasteiger partial charge in [0.1, 0.15) is 11.9 Å². The summed E-state index contributed by atoms with van der Waals surface area (Å²) in [4.78, 5) is 29.2. The highest BCUT2D eigenvalue weighted by Gasteiger charge is 2.24. The molecular formula is C25H19N2O3+. The standard InChI is InChI=1S/C25H19N2O3/c28-24(21-9-5-2-6-10-21)18-27-16-15-26-17-23(27)25(29)30-22-13-11-20(12-14-22)19-7-3-1-4-8-19/h1-17H,18H2/q+1. The maximum atomic E-state index is 12.7. The van der Waals surface area contributed by atoms with Gasteiger partial charge in [-0.2, -0.15) is 4.57 Å². The molecule has 4 rings (SSSR count). The average Bonchev–Trinajstić information content (AvgIpc) is 2.81. The first-order valence-electron chi connectivity index (χ1n) is 9.50. The smallest absolute Gasteiger partial charge is 0.410 e. The van der Waals surface area contributed by atoms with Gasteiger partial charge in [-0.15, -0.1) is 0 Å². The Morgan fingerprint density at radius 3 is 2.13 bits per heavy atom. The van der Waals surface area contributed by atoms with Crippen molar-refractivity contribution in [2.24, 2.45) is 0 Å². The minimum absolute atomic E-state index is 0.0178. The third kappa shape index (κ3) is 4.47. The van der Waals surface area contributed by atoms with E-state index in [0.29, 0.717) is 11.3 Å². The minimum Gasteiger partial charge on any atom is -0.419 e. The highest BCUT2D eigenvalue weighted by molar-refractivity contribution is 5.95. The van der Waals surface area contributed by atoms with Crippen LogP contribution >= 0.6 is 0 Å². The monoisotopic (exact) mass is 395 g/mol. The van der Waals surface area contributed by atoms with Crippen LogP contribution < -0.4 is 9.30 Å². The van der Waals surface area contributed by atoms with E-state index in [2.05, 4.69) is 4.98 Å². The number of rotatable bonds is 6. The molecule has 0 aliphatic heterocycles. The molecule has 0 N–H and O–H groups in total. The molecule has 0 aliphatic carbocycles. The summed E-state index contributed by atoms with van der Waals surface area (Å²) in [7, 11) is 0. The summed E-state index contributed by atoms with van der Waals surface area (Å²) >= 11 is 0. The normalized spacial score (nSPS) is 10.4. The number of ether oxygens (including phenoxy) is 1. The van der Waals surface area contributed by atoms with Gasteiger partial charge in [0.15, 0.2) is 6.20 Å². The van der Waals surface area contributed by atoms with Crippen molar-refractivity contribution in [2.75, 3.05) is 0 Å². The van der Waals surface area contributed by atoms with Crippen LogP contribution in [0.15, 0.2) is 104 Å². The number of esters is 1. The summed E-state index contributed by atoms with van der Waals surface area (Å²) in [5.74, 6) is -0.256. The number of hydrogen-bond donors (Lipinski definition) is 0. The van der Waals surface area contributed by atoms with Crippen LogP contribution in [0.5, 0.6) is 5.75 Å². The second-order valence-electron chi connectivity index (χ2n) is 6.66. The SMILES string of the molecule is O=C(C[n+]1ccncc1C(=O)Oc1ccc(-c2ccccc2)cc1)c1ccccc1. The van der Waals surface area contributed by atoms with Gasteiger partial charge in [-0.05, 0) is 23.3 Å². The summed E-state index contributed by atoms with van der Waals surface area (Å²) in [6, 6.07) is 26.2. The predicted octanol–water partition coefficient (Wildman–Crippen LogP) is 4.14. The summed E-state index contributed by atoms with van der Waals surface area (Å²) in [5.41, 5.74) is 2.90. The predicted molar refractivity (Wildman–Crippen MR) is 112 cm³/mol. The number of carbonyl (C=O) groups excluding carboxylic acids is 2. The number of carbonyl (C=O) groups is 2. The fourth-order valence-electron chi connectivity index (χ4n) is 3.07. The highest BCUT2D eigenvalue weighted by atomic mass is 16.5. The van der Waals surface area contributed by atoms with Crippen molar-refractivity contribution < 1.29 is 18.9 Å². The fraction of sp³-hybridized carbons (Fsp3) is 0.0400. The van der Waals surface area contributed by atoms with E-state index in [1.165, 1.54) is 12.4 Å². The van der Waals surface area contributed by atoms with E-state index < -0.39 is 5.97 Å². The van der Waals surface area contributed by atoms with Crippen molar-refractivity contribution in [3.8, 4) is 16.9 Å². The van der Waals surface area contributed by atoms with Gasteiger partial charge in [0.05, 0.1) is 6.20 Å². The molecule has 0 fully saturated rings. The Morgan fingerprint density at radius 2 is 1.43 bits per heavy atom. The molecular weight excluding hydrogens is 376 g/mol. The van der Waals surface area contributed by atoms with Gasteiger partial charge in [-0.1, -0.05) is 72.8 Å². The Kier molecular flexibility index (Phi) is 5.71. The van der Waals surface area contributed by atoms with E-state index in [-0.39, 0.29) is 18.0 Å². The minimum atomic E-state index is -0.573. The van der Waals surface area contributed by atoms with E-state index in [0.717, 1.165) is 11.1 Å². The van der Waals surface area contributed by atoms with E-state index >= 15 is 0 Å². The molecule has 0 saturated carbocycles. The Labute approximate surface area is 174 Å². The number of ketones is 1. The van der Waals surface area contributed by atoms with Gasteiger partial charge in [-0.3, -0.25) is 9.78 Å². The molecule has 0 saturated heterocycles. The summed E-state index contributed by atoms with van der Waals surface area (Å²) in [6.07, 6.45) is 4.53. The van der Waals surface area contributed by atoms with Crippen LogP contribution in [0.2, 0.25) is 0 Å². The van der Waals surface area contributed by atoms with Crippen LogP contribution in [0.4, 0.5) is 0 Å². The highest BCUT2D eigenvalue weighted by Crippen LogP contribution is 2.22. The van der Waals surface area contributed by atoms with Crippen molar-refractivity contribution in [2.45, 2.75) is 6.54 Å². The first kappa shape index (κ1) is 19.2. The summed E-state index contributed by atoms with van der Waals surface area (Å²) < 4.78 is 7.05. The molecule has 5 nitrogen and oxygen atoms in total. The zero-order chi connectivity index (χ0) is 20.8. The molecule has 0 bridgehead atoms. The lowest BCUT2D eigenvalue weighted by atomic mass is 10.1. The van der Waals surface area contributed by atoms with Crippen LogP contribution in [0.3, 0.4) is 0 Å². The number of benzene rings is 3. The molecule has 0 spiro atoms. The molecule has 1 heterocycles. The first-order valence-corrected chi connectivity index (χ1v) is 9.50. The van der Waals surface area contributed by atoms with Crippen molar-refractivity contribution in [3.05, 3.63) is 115 Å². The Hall–Kier alpha value is -4.12. The Balaban J connectivity index is 1.49. The quantitative estimate of drug-likeness (QED) is 0.213. The largest absolute Gasteiger partial charge is 0.419 e. The van der Waals surface area contributed by atoms with Gasteiger partial charge in [0.25, 0.3) is 0 Å². The number of hydrogen-bond acceptors (Lipinski definition) is 4. The molecule has 146 valence electrons. The lowest BCUT2D eigenvalue weighted by Gasteiger charge is -2.06. The van der Waals surface area contributed by atoms with Gasteiger partial charge in [0, 0.05) is 5.56 Å². The van der Waals surface area contributed by atoms with Gasteiger partial charge >= 0.3 is 11.7 Å². The second-order valence-corrected chi connectivity index (χ2v) is 6.66. The van der Waals surface area contributed by atoms with Crippen LogP contribution in [-0.4, -0.2) is 16.7 Å². The van der Waals surface area contributed by atoms with E-state index in [1.54, 1.807) is 47.2 Å². The van der Waals surface area contributed by atoms with Crippen LogP contribution in [0.1, 0.15) is 20.8 Å². The maximum Gasteiger partial charge on any atom is 0.410 e. The van der Waals surface area contributed by atoms with Crippen molar-refractivity contribution in [3.63, 3.8) is 0 Å². The summed E-state index contributed by atoms with van der Waals surface area (Å²) in [6.45, 7) is 0.0178. The molecule has 0 atom stereocenters. The zero-order valence-electron chi connectivity index (χ0n) is 16.1. The molecule has 3 aromatic carbocycles. The molecule has 4 aromatic rings. The van der Waals surface area contributed by atoms with Gasteiger partial charge < -0.3 is 4.74 Å². The second kappa shape index (κ2) is 8.92. The molecule has 5 heteroatoms. The van der Waals surface area contributed by atoms with E-state index in [9.17, 15) is 9.59 Å². The third-order valence-corrected chi connectivity index (χ3v) is 4.63.